The van der Waals surface area contributed by atoms with E-state index >= 15 is 0 Å². The maximum atomic E-state index is 12.9. The van der Waals surface area contributed by atoms with Crippen molar-refractivity contribution in [1.29, 1.82) is 0 Å². The number of amides is 1. The summed E-state index contributed by atoms with van der Waals surface area (Å²) in [5.74, 6) is 0.0704. The molecule has 0 bridgehead atoms. The van der Waals surface area contributed by atoms with Crippen LogP contribution in [-0.4, -0.2) is 22.5 Å². The lowest BCUT2D eigenvalue weighted by molar-refractivity contribution is -0.114. The van der Waals surface area contributed by atoms with E-state index in [1.165, 1.54) is 0 Å². The van der Waals surface area contributed by atoms with Gasteiger partial charge in [0.1, 0.15) is 5.00 Å². The van der Waals surface area contributed by atoms with Gasteiger partial charge in [0, 0.05) is 42.7 Å². The largest absolute Gasteiger partial charge is 0.311 e. The highest BCUT2D eigenvalue weighted by molar-refractivity contribution is 6.25. The number of likely N-dealkylation sites (N-methyl/N-ethyl adjacent to an activating group) is 1. The van der Waals surface area contributed by atoms with Crippen LogP contribution < -0.4 is 16.2 Å². The molecule has 0 spiro atoms. The minimum Gasteiger partial charge on any atom is -0.311 e. The van der Waals surface area contributed by atoms with Crippen molar-refractivity contribution in [3.05, 3.63) is 64.0 Å². The molecule has 1 aromatic carbocycles. The summed E-state index contributed by atoms with van der Waals surface area (Å²) in [6, 6.07) is 7.48. The molecule has 0 fully saturated rings. The molecule has 0 radical (unpaired) electrons. The number of nitrogens with zero attached hydrogens (tertiary/aromatic N) is 2. The smallest absolute Gasteiger partial charge is 0.257 e. The normalized spacial score (nSPS) is 19.2. The number of aromatic nitrogens is 1. The van der Waals surface area contributed by atoms with Crippen LogP contribution in [-0.2, 0) is 11.3 Å². The molecule has 28 heavy (non-hydrogen) atoms. The van der Waals surface area contributed by atoms with Crippen molar-refractivity contribution >= 4 is 34.1 Å². The number of carbonyl (C=O) groups excluding carboxylic acids is 1. The Morgan fingerprint density at radius 3 is 2.64 bits per heavy atom. The Morgan fingerprint density at radius 2 is 2.07 bits per heavy atom. The predicted molar refractivity (Wildman–Crippen MR) is 116 cm³/mol. The number of benzene rings is 1. The first kappa shape index (κ1) is 20.4. The van der Waals surface area contributed by atoms with Crippen LogP contribution >= 0.6 is 11.6 Å². The Kier molecular flexibility index (Phi) is 5.50. The Balaban J connectivity index is 2.04. The summed E-state index contributed by atoms with van der Waals surface area (Å²) in [6.07, 6.45) is 5.48. The van der Waals surface area contributed by atoms with Crippen LogP contribution in [0.3, 0.4) is 0 Å². The minimum absolute atomic E-state index is 0.000258. The second kappa shape index (κ2) is 7.57. The number of carbonyl (C=O) groups is 1. The maximum Gasteiger partial charge on any atom is 0.257 e. The molecule has 1 atom stereocenters. The number of nitrogens with two attached hydrogens (primary N) is 1. The third-order valence-corrected chi connectivity index (χ3v) is 5.46. The molecule has 1 aromatic heterocycles. The summed E-state index contributed by atoms with van der Waals surface area (Å²) in [4.78, 5) is 26.0. The Bertz CT molecular complexity index is 1050. The topological polar surface area (TPSA) is 68.3 Å². The molecule has 6 heteroatoms. The first-order valence-corrected chi connectivity index (χ1v) is 9.85. The first-order valence-electron chi connectivity index (χ1n) is 9.47. The summed E-state index contributed by atoms with van der Waals surface area (Å²) in [7, 11) is 1.74. The molecule has 3 rings (SSSR count). The molecule has 0 aliphatic heterocycles. The van der Waals surface area contributed by atoms with Gasteiger partial charge in [-0.05, 0) is 42.7 Å². The molecule has 1 amide bonds. The van der Waals surface area contributed by atoms with Gasteiger partial charge in [-0.3, -0.25) is 9.59 Å². The number of hydrogen-bond acceptors (Lipinski definition) is 3. The average molecular weight is 400 g/mol. The summed E-state index contributed by atoms with van der Waals surface area (Å²) in [5.41, 5.74) is 9.06. The number of alkyl halides is 1. The van der Waals surface area contributed by atoms with E-state index < -0.39 is 5.00 Å². The molecule has 2 aromatic rings. The predicted octanol–water partition coefficient (Wildman–Crippen LogP) is 3.89. The van der Waals surface area contributed by atoms with E-state index in [0.29, 0.717) is 18.5 Å². The molecule has 1 aliphatic rings. The standard InChI is InChI=1S/C22H26ClN3O2/c1-5-26-19-7-6-16(12-18(19)17(14(2)3)13-20(26)27)25(4)21(28)15-8-10-22(23,24)11-9-15/h6-10,12-14H,5,11,24H2,1-4H3. The molecule has 1 aliphatic carbocycles. The lowest BCUT2D eigenvalue weighted by Crippen LogP contribution is -2.34. The Labute approximate surface area is 170 Å². The van der Waals surface area contributed by atoms with Gasteiger partial charge in [-0.15, -0.1) is 0 Å². The van der Waals surface area contributed by atoms with E-state index in [2.05, 4.69) is 13.8 Å². The Morgan fingerprint density at radius 1 is 1.36 bits per heavy atom. The van der Waals surface area contributed by atoms with E-state index in [9.17, 15) is 9.59 Å². The molecule has 2 N–H and O–H groups in total. The number of aryl methyl sites for hydroxylation is 1. The molecule has 0 saturated carbocycles. The van der Waals surface area contributed by atoms with Gasteiger partial charge in [0.05, 0.1) is 5.52 Å². The maximum absolute atomic E-state index is 12.9. The van der Waals surface area contributed by atoms with Gasteiger partial charge in [-0.1, -0.05) is 37.6 Å². The number of pyridine rings is 1. The molecule has 1 unspecified atom stereocenters. The van der Waals surface area contributed by atoms with Crippen molar-refractivity contribution in [1.82, 2.24) is 4.57 Å². The van der Waals surface area contributed by atoms with Crippen LogP contribution in [0, 0.1) is 0 Å². The van der Waals surface area contributed by atoms with Crippen molar-refractivity contribution in [2.45, 2.75) is 44.7 Å². The van der Waals surface area contributed by atoms with Crippen molar-refractivity contribution in [3.63, 3.8) is 0 Å². The quantitative estimate of drug-likeness (QED) is 0.626. The van der Waals surface area contributed by atoms with Crippen LogP contribution in [0.15, 0.2) is 52.9 Å². The van der Waals surface area contributed by atoms with Crippen LogP contribution in [0.5, 0.6) is 0 Å². The lowest BCUT2D eigenvalue weighted by Gasteiger charge is -2.24. The highest BCUT2D eigenvalue weighted by Gasteiger charge is 2.24. The number of rotatable bonds is 4. The van der Waals surface area contributed by atoms with Crippen molar-refractivity contribution in [2.75, 3.05) is 11.9 Å². The Hall–Kier alpha value is -2.37. The number of halogens is 1. The van der Waals surface area contributed by atoms with Crippen LogP contribution in [0.25, 0.3) is 10.9 Å². The zero-order valence-corrected chi connectivity index (χ0v) is 17.5. The van der Waals surface area contributed by atoms with E-state index in [4.69, 9.17) is 17.3 Å². The minimum atomic E-state index is -0.929. The van der Waals surface area contributed by atoms with Gasteiger partial charge >= 0.3 is 0 Å². The molecule has 5 nitrogen and oxygen atoms in total. The van der Waals surface area contributed by atoms with Gasteiger partial charge in [0.2, 0.25) is 0 Å². The summed E-state index contributed by atoms with van der Waals surface area (Å²) in [6.45, 7) is 6.68. The first-order chi connectivity index (χ1) is 13.1. The highest BCUT2D eigenvalue weighted by atomic mass is 35.5. The zero-order chi connectivity index (χ0) is 20.6. The number of fused-ring (bicyclic) bond motifs is 1. The molecular weight excluding hydrogens is 374 g/mol. The SMILES string of the molecule is CCn1c(=O)cc(C(C)C)c2cc(N(C)C(=O)C3=CCC(N)(Cl)C=C3)ccc21. The second-order valence-electron chi connectivity index (χ2n) is 7.53. The molecule has 1 heterocycles. The summed E-state index contributed by atoms with van der Waals surface area (Å²) >= 11 is 6.09. The van der Waals surface area contributed by atoms with Gasteiger partial charge in [0.15, 0.2) is 0 Å². The highest BCUT2D eigenvalue weighted by Crippen LogP contribution is 2.29. The van der Waals surface area contributed by atoms with Gasteiger partial charge < -0.3 is 15.2 Å². The third kappa shape index (κ3) is 3.77. The second-order valence-corrected chi connectivity index (χ2v) is 8.23. The van der Waals surface area contributed by atoms with E-state index in [1.54, 1.807) is 40.8 Å². The number of anilines is 1. The molecule has 148 valence electrons. The van der Waals surface area contributed by atoms with Crippen LogP contribution in [0.1, 0.15) is 38.7 Å². The summed E-state index contributed by atoms with van der Waals surface area (Å²) < 4.78 is 1.75. The fraction of sp³-hybridized carbons (Fsp3) is 0.364. The monoisotopic (exact) mass is 399 g/mol. The van der Waals surface area contributed by atoms with E-state index in [1.807, 2.05) is 25.1 Å². The molecular formula is C22H26ClN3O2. The van der Waals surface area contributed by atoms with Gasteiger partial charge in [-0.25, -0.2) is 0 Å². The van der Waals surface area contributed by atoms with Gasteiger partial charge in [-0.2, -0.15) is 0 Å². The van der Waals surface area contributed by atoms with Crippen LogP contribution in [0.2, 0.25) is 0 Å². The molecule has 0 saturated heterocycles. The number of hydrogen-bond donors (Lipinski definition) is 1. The fourth-order valence-electron chi connectivity index (χ4n) is 3.51. The average Bonchev–Trinajstić information content (AvgIpc) is 2.65. The van der Waals surface area contributed by atoms with Crippen LogP contribution in [0.4, 0.5) is 5.69 Å². The third-order valence-electron chi connectivity index (χ3n) is 5.18. The zero-order valence-electron chi connectivity index (χ0n) is 16.7. The lowest BCUT2D eigenvalue weighted by atomic mass is 9.97. The summed E-state index contributed by atoms with van der Waals surface area (Å²) in [5, 5.41) is 0.989. The fourth-order valence-corrected chi connectivity index (χ4v) is 3.65. The van der Waals surface area contributed by atoms with Crippen molar-refractivity contribution in [3.8, 4) is 0 Å². The van der Waals surface area contributed by atoms with Crippen molar-refractivity contribution in [2.24, 2.45) is 5.73 Å². The van der Waals surface area contributed by atoms with E-state index in [0.717, 1.165) is 22.2 Å². The van der Waals surface area contributed by atoms with Crippen molar-refractivity contribution < 1.29 is 4.79 Å². The van der Waals surface area contributed by atoms with Gasteiger partial charge in [0.25, 0.3) is 11.5 Å². The van der Waals surface area contributed by atoms with E-state index in [-0.39, 0.29) is 17.4 Å².